The smallest absolute Gasteiger partial charge is 0.252 e. The zero-order valence-corrected chi connectivity index (χ0v) is 15.4. The quantitative estimate of drug-likeness (QED) is 0.689. The highest BCUT2D eigenvalue weighted by molar-refractivity contribution is 5.97. The zero-order chi connectivity index (χ0) is 19.6. The van der Waals surface area contributed by atoms with Gasteiger partial charge >= 0.3 is 0 Å². The molecule has 140 valence electrons. The molecule has 0 aliphatic carbocycles. The first-order valence-corrected chi connectivity index (χ1v) is 8.69. The number of nitrogens with one attached hydrogen (secondary N) is 1. The van der Waals surface area contributed by atoms with Gasteiger partial charge in [0.25, 0.3) is 5.91 Å². The van der Waals surface area contributed by atoms with E-state index in [0.717, 1.165) is 0 Å². The molecule has 0 spiro atoms. The molecule has 1 atom stereocenters. The Kier molecular flexibility index (Phi) is 7.37. The Hall–Kier alpha value is -3.34. The van der Waals surface area contributed by atoms with Crippen molar-refractivity contribution < 1.29 is 14.3 Å². The van der Waals surface area contributed by atoms with Gasteiger partial charge in [-0.2, -0.15) is 0 Å². The summed E-state index contributed by atoms with van der Waals surface area (Å²) in [7, 11) is 0. The van der Waals surface area contributed by atoms with Crippen LogP contribution < -0.4 is 10.1 Å². The third-order valence-corrected chi connectivity index (χ3v) is 3.80. The predicted octanol–water partition coefficient (Wildman–Crippen LogP) is 3.80. The molecular formula is C22H24N2O3. The fraction of sp³-hybridized carbons (Fsp3) is 0.182. The van der Waals surface area contributed by atoms with Crippen molar-refractivity contribution in [1.82, 2.24) is 10.2 Å². The third kappa shape index (κ3) is 5.85. The van der Waals surface area contributed by atoms with Gasteiger partial charge in [-0.25, -0.2) is 0 Å². The van der Waals surface area contributed by atoms with Gasteiger partial charge in [0.15, 0.2) is 0 Å². The van der Waals surface area contributed by atoms with E-state index in [2.05, 4.69) is 18.5 Å². The van der Waals surface area contributed by atoms with Gasteiger partial charge in [-0.05, 0) is 37.3 Å². The standard InChI is InChI=1S/C22H24N2O3/c1-4-14-24(15-5-2)22(26)17(3)23-21(25)18-10-9-13-20(16-18)27-19-11-7-6-8-12-19/h4-13,16-17H,1-2,14-15H2,3H3,(H,23,25). The fourth-order valence-corrected chi connectivity index (χ4v) is 2.51. The zero-order valence-electron chi connectivity index (χ0n) is 15.4. The molecule has 2 aromatic carbocycles. The normalized spacial score (nSPS) is 11.1. The summed E-state index contributed by atoms with van der Waals surface area (Å²) in [6, 6.07) is 15.5. The molecule has 0 fully saturated rings. The Labute approximate surface area is 160 Å². The lowest BCUT2D eigenvalue weighted by Gasteiger charge is -2.24. The molecule has 0 heterocycles. The SMILES string of the molecule is C=CCN(CC=C)C(=O)C(C)NC(=O)c1cccc(Oc2ccccc2)c1. The molecule has 5 nitrogen and oxygen atoms in total. The van der Waals surface area contributed by atoms with Crippen LogP contribution in [0.15, 0.2) is 79.9 Å². The van der Waals surface area contributed by atoms with Crippen LogP contribution in [-0.2, 0) is 4.79 Å². The number of carbonyl (C=O) groups is 2. The summed E-state index contributed by atoms with van der Waals surface area (Å²) < 4.78 is 5.75. The molecule has 2 rings (SSSR count). The van der Waals surface area contributed by atoms with E-state index in [1.54, 1.807) is 48.2 Å². The highest BCUT2D eigenvalue weighted by Gasteiger charge is 2.21. The number of benzene rings is 2. The van der Waals surface area contributed by atoms with E-state index in [4.69, 9.17) is 4.74 Å². The molecule has 2 amide bonds. The Bertz CT molecular complexity index is 792. The summed E-state index contributed by atoms with van der Waals surface area (Å²) >= 11 is 0. The van der Waals surface area contributed by atoms with Crippen molar-refractivity contribution >= 4 is 11.8 Å². The van der Waals surface area contributed by atoms with Crippen molar-refractivity contribution in [1.29, 1.82) is 0 Å². The van der Waals surface area contributed by atoms with E-state index in [1.165, 1.54) is 0 Å². The summed E-state index contributed by atoms with van der Waals surface area (Å²) in [6.07, 6.45) is 3.28. The summed E-state index contributed by atoms with van der Waals surface area (Å²) in [6.45, 7) is 9.74. The molecule has 27 heavy (non-hydrogen) atoms. The molecule has 0 aliphatic rings. The van der Waals surface area contributed by atoms with E-state index >= 15 is 0 Å². The van der Waals surface area contributed by atoms with Gasteiger partial charge in [0.05, 0.1) is 0 Å². The molecular weight excluding hydrogens is 340 g/mol. The van der Waals surface area contributed by atoms with Crippen LogP contribution in [0.25, 0.3) is 0 Å². The van der Waals surface area contributed by atoms with Gasteiger partial charge in [0.2, 0.25) is 5.91 Å². The Morgan fingerprint density at radius 3 is 2.30 bits per heavy atom. The van der Waals surface area contributed by atoms with Crippen LogP contribution in [0.5, 0.6) is 11.5 Å². The summed E-state index contributed by atoms with van der Waals surface area (Å²) in [5.74, 6) is 0.697. The van der Waals surface area contributed by atoms with Crippen LogP contribution in [0.3, 0.4) is 0 Å². The number of para-hydroxylation sites is 1. The maximum Gasteiger partial charge on any atom is 0.252 e. The van der Waals surface area contributed by atoms with Crippen molar-refractivity contribution in [3.05, 3.63) is 85.5 Å². The summed E-state index contributed by atoms with van der Waals surface area (Å²) in [4.78, 5) is 26.6. The summed E-state index contributed by atoms with van der Waals surface area (Å²) in [5.41, 5.74) is 0.419. The van der Waals surface area contributed by atoms with Gasteiger partial charge in [-0.3, -0.25) is 9.59 Å². The second kappa shape index (κ2) is 9.97. The number of hydrogen-bond donors (Lipinski definition) is 1. The molecule has 1 unspecified atom stereocenters. The molecule has 1 N–H and O–H groups in total. The van der Waals surface area contributed by atoms with Gasteiger partial charge in [-0.1, -0.05) is 36.4 Å². The highest BCUT2D eigenvalue weighted by atomic mass is 16.5. The van der Waals surface area contributed by atoms with Crippen molar-refractivity contribution in [3.63, 3.8) is 0 Å². The lowest BCUT2D eigenvalue weighted by molar-refractivity contribution is -0.131. The maximum atomic E-state index is 12.5. The Morgan fingerprint density at radius 1 is 1.04 bits per heavy atom. The van der Waals surface area contributed by atoms with Crippen molar-refractivity contribution in [2.45, 2.75) is 13.0 Å². The topological polar surface area (TPSA) is 58.6 Å². The van der Waals surface area contributed by atoms with E-state index in [1.807, 2.05) is 30.3 Å². The molecule has 0 aromatic heterocycles. The Morgan fingerprint density at radius 2 is 1.67 bits per heavy atom. The number of rotatable bonds is 9. The monoisotopic (exact) mass is 364 g/mol. The number of ether oxygens (including phenoxy) is 1. The molecule has 0 saturated heterocycles. The lowest BCUT2D eigenvalue weighted by atomic mass is 10.1. The summed E-state index contributed by atoms with van der Waals surface area (Å²) in [5, 5.41) is 2.73. The minimum absolute atomic E-state index is 0.195. The first-order valence-electron chi connectivity index (χ1n) is 8.69. The molecule has 5 heteroatoms. The second-order valence-electron chi connectivity index (χ2n) is 5.96. The third-order valence-electron chi connectivity index (χ3n) is 3.80. The van der Waals surface area contributed by atoms with Gasteiger partial charge in [0.1, 0.15) is 17.5 Å². The van der Waals surface area contributed by atoms with Crippen LogP contribution in [-0.4, -0.2) is 35.8 Å². The number of amides is 2. The van der Waals surface area contributed by atoms with Crippen LogP contribution in [0.4, 0.5) is 0 Å². The van der Waals surface area contributed by atoms with Gasteiger partial charge in [0, 0.05) is 18.7 Å². The Balaban J connectivity index is 2.04. The average molecular weight is 364 g/mol. The molecule has 0 saturated carbocycles. The van der Waals surface area contributed by atoms with E-state index in [-0.39, 0.29) is 11.8 Å². The number of nitrogens with zero attached hydrogens (tertiary/aromatic N) is 1. The minimum atomic E-state index is -0.670. The van der Waals surface area contributed by atoms with Crippen LogP contribution in [0, 0.1) is 0 Å². The number of hydrogen-bond acceptors (Lipinski definition) is 3. The van der Waals surface area contributed by atoms with E-state index < -0.39 is 6.04 Å². The fourth-order valence-electron chi connectivity index (χ4n) is 2.51. The number of carbonyl (C=O) groups excluding carboxylic acids is 2. The first-order chi connectivity index (χ1) is 13.0. The maximum absolute atomic E-state index is 12.5. The van der Waals surface area contributed by atoms with E-state index in [9.17, 15) is 9.59 Å². The van der Waals surface area contributed by atoms with Crippen molar-refractivity contribution in [2.24, 2.45) is 0 Å². The van der Waals surface area contributed by atoms with Crippen LogP contribution >= 0.6 is 0 Å². The molecule has 2 aromatic rings. The van der Waals surface area contributed by atoms with Crippen molar-refractivity contribution in [3.8, 4) is 11.5 Å². The molecule has 0 bridgehead atoms. The lowest BCUT2D eigenvalue weighted by Crippen LogP contribution is -2.47. The largest absolute Gasteiger partial charge is 0.457 e. The van der Waals surface area contributed by atoms with Gasteiger partial charge in [-0.15, -0.1) is 13.2 Å². The second-order valence-corrected chi connectivity index (χ2v) is 5.96. The van der Waals surface area contributed by atoms with Gasteiger partial charge < -0.3 is 15.0 Å². The molecule has 0 radical (unpaired) electrons. The highest BCUT2D eigenvalue weighted by Crippen LogP contribution is 2.21. The minimum Gasteiger partial charge on any atom is -0.457 e. The van der Waals surface area contributed by atoms with Crippen LogP contribution in [0.2, 0.25) is 0 Å². The molecule has 0 aliphatic heterocycles. The van der Waals surface area contributed by atoms with E-state index in [0.29, 0.717) is 30.2 Å². The van der Waals surface area contributed by atoms with Crippen LogP contribution in [0.1, 0.15) is 17.3 Å². The van der Waals surface area contributed by atoms with Crippen molar-refractivity contribution in [2.75, 3.05) is 13.1 Å². The average Bonchev–Trinajstić information content (AvgIpc) is 2.68. The first kappa shape index (κ1) is 20.0. The predicted molar refractivity (Wildman–Crippen MR) is 107 cm³/mol.